The van der Waals surface area contributed by atoms with Crippen LogP contribution in [0.2, 0.25) is 0 Å². The molecule has 0 saturated carbocycles. The van der Waals surface area contributed by atoms with Gasteiger partial charge in [0.15, 0.2) is 0 Å². The SMILES string of the molecule is CCCCCCOc1cccc(NCCNCCc2ccccc2)c1. The van der Waals surface area contributed by atoms with Crippen molar-refractivity contribution >= 4 is 5.69 Å². The maximum atomic E-state index is 5.83. The van der Waals surface area contributed by atoms with Gasteiger partial charge in [0, 0.05) is 24.8 Å². The van der Waals surface area contributed by atoms with Crippen LogP contribution in [0.25, 0.3) is 0 Å². The molecule has 0 aromatic heterocycles. The monoisotopic (exact) mass is 340 g/mol. The molecule has 0 aliphatic rings. The van der Waals surface area contributed by atoms with Crippen molar-refractivity contribution in [2.75, 3.05) is 31.6 Å². The van der Waals surface area contributed by atoms with E-state index in [9.17, 15) is 0 Å². The Bertz CT molecular complexity index is 571. The van der Waals surface area contributed by atoms with Gasteiger partial charge in [-0.3, -0.25) is 0 Å². The molecular weight excluding hydrogens is 308 g/mol. The van der Waals surface area contributed by atoms with Gasteiger partial charge in [-0.2, -0.15) is 0 Å². The first kappa shape index (κ1) is 19.3. The lowest BCUT2D eigenvalue weighted by Crippen LogP contribution is -2.24. The van der Waals surface area contributed by atoms with Crippen LogP contribution in [0.1, 0.15) is 38.2 Å². The highest BCUT2D eigenvalue weighted by Crippen LogP contribution is 2.17. The summed E-state index contributed by atoms with van der Waals surface area (Å²) in [7, 11) is 0. The second-order valence-corrected chi connectivity index (χ2v) is 6.35. The number of ether oxygens (including phenoxy) is 1. The van der Waals surface area contributed by atoms with E-state index in [-0.39, 0.29) is 0 Å². The first-order chi connectivity index (χ1) is 12.4. The zero-order valence-corrected chi connectivity index (χ0v) is 15.5. The lowest BCUT2D eigenvalue weighted by Gasteiger charge is -2.10. The third-order valence-electron chi connectivity index (χ3n) is 4.16. The van der Waals surface area contributed by atoms with E-state index in [0.29, 0.717) is 0 Å². The van der Waals surface area contributed by atoms with E-state index in [2.05, 4.69) is 60.0 Å². The number of benzene rings is 2. The number of nitrogens with one attached hydrogen (secondary N) is 2. The van der Waals surface area contributed by atoms with Crippen LogP contribution in [0.4, 0.5) is 5.69 Å². The standard InChI is InChI=1S/C22H32N2O/c1-2-3-4-8-18-25-22-13-9-12-21(19-22)24-17-16-23-15-14-20-10-6-5-7-11-20/h5-7,9-13,19,23-24H,2-4,8,14-18H2,1H3. The molecule has 0 bridgehead atoms. The molecule has 0 amide bonds. The molecule has 3 nitrogen and oxygen atoms in total. The van der Waals surface area contributed by atoms with Crippen molar-refractivity contribution in [3.63, 3.8) is 0 Å². The van der Waals surface area contributed by atoms with E-state index >= 15 is 0 Å². The fraction of sp³-hybridized carbons (Fsp3) is 0.455. The molecule has 0 heterocycles. The van der Waals surface area contributed by atoms with E-state index < -0.39 is 0 Å². The summed E-state index contributed by atoms with van der Waals surface area (Å²) < 4.78 is 5.83. The molecule has 2 rings (SSSR count). The Morgan fingerprint density at radius 2 is 1.72 bits per heavy atom. The Morgan fingerprint density at radius 3 is 2.56 bits per heavy atom. The quantitative estimate of drug-likeness (QED) is 0.509. The Morgan fingerprint density at radius 1 is 0.840 bits per heavy atom. The molecule has 3 heteroatoms. The molecule has 0 fully saturated rings. The van der Waals surface area contributed by atoms with Gasteiger partial charge in [0.1, 0.15) is 5.75 Å². The lowest BCUT2D eigenvalue weighted by molar-refractivity contribution is 0.305. The normalized spacial score (nSPS) is 10.6. The number of anilines is 1. The summed E-state index contributed by atoms with van der Waals surface area (Å²) >= 11 is 0. The maximum Gasteiger partial charge on any atom is 0.121 e. The summed E-state index contributed by atoms with van der Waals surface area (Å²) in [4.78, 5) is 0. The van der Waals surface area contributed by atoms with Gasteiger partial charge < -0.3 is 15.4 Å². The van der Waals surface area contributed by atoms with E-state index in [1.165, 1.54) is 24.8 Å². The Balaban J connectivity index is 1.56. The average molecular weight is 341 g/mol. The molecular formula is C22H32N2O. The molecule has 0 spiro atoms. The molecule has 25 heavy (non-hydrogen) atoms. The van der Waals surface area contributed by atoms with Crippen LogP contribution < -0.4 is 15.4 Å². The predicted octanol–water partition coefficient (Wildman–Crippen LogP) is 4.89. The molecule has 2 aromatic rings. The van der Waals surface area contributed by atoms with Gasteiger partial charge in [-0.25, -0.2) is 0 Å². The number of hydrogen-bond donors (Lipinski definition) is 2. The maximum absolute atomic E-state index is 5.83. The fourth-order valence-electron chi connectivity index (χ4n) is 2.71. The van der Waals surface area contributed by atoms with Crippen molar-refractivity contribution < 1.29 is 4.74 Å². The first-order valence-electron chi connectivity index (χ1n) is 9.60. The summed E-state index contributed by atoms with van der Waals surface area (Å²) in [6, 6.07) is 18.9. The zero-order chi connectivity index (χ0) is 17.6. The minimum absolute atomic E-state index is 0.810. The lowest BCUT2D eigenvalue weighted by atomic mass is 10.1. The van der Waals surface area contributed by atoms with Crippen molar-refractivity contribution in [2.45, 2.75) is 39.0 Å². The van der Waals surface area contributed by atoms with Gasteiger partial charge in [0.2, 0.25) is 0 Å². The smallest absolute Gasteiger partial charge is 0.121 e. The summed E-state index contributed by atoms with van der Waals surface area (Å²) in [6.07, 6.45) is 6.02. The molecule has 0 aliphatic heterocycles. The topological polar surface area (TPSA) is 33.3 Å². The van der Waals surface area contributed by atoms with Crippen LogP contribution in [0.15, 0.2) is 54.6 Å². The second-order valence-electron chi connectivity index (χ2n) is 6.35. The molecule has 136 valence electrons. The summed E-state index contributed by atoms with van der Waals surface area (Å²) in [5, 5.41) is 6.93. The number of hydrogen-bond acceptors (Lipinski definition) is 3. The Kier molecular flexibility index (Phi) is 9.57. The van der Waals surface area contributed by atoms with Crippen LogP contribution >= 0.6 is 0 Å². The first-order valence-corrected chi connectivity index (χ1v) is 9.60. The van der Waals surface area contributed by atoms with Crippen molar-refractivity contribution in [3.8, 4) is 5.75 Å². The predicted molar refractivity (Wildman–Crippen MR) is 108 cm³/mol. The van der Waals surface area contributed by atoms with Gasteiger partial charge >= 0.3 is 0 Å². The summed E-state index contributed by atoms with van der Waals surface area (Å²) in [6.45, 7) is 5.91. The van der Waals surface area contributed by atoms with Crippen molar-refractivity contribution in [1.29, 1.82) is 0 Å². The highest BCUT2D eigenvalue weighted by Gasteiger charge is 1.97. The van der Waals surface area contributed by atoms with E-state index in [1.807, 2.05) is 12.1 Å². The van der Waals surface area contributed by atoms with Crippen LogP contribution in [0.5, 0.6) is 5.75 Å². The van der Waals surface area contributed by atoms with Gasteiger partial charge in [-0.15, -0.1) is 0 Å². The number of rotatable bonds is 13. The van der Waals surface area contributed by atoms with Gasteiger partial charge in [0.25, 0.3) is 0 Å². The van der Waals surface area contributed by atoms with E-state index in [0.717, 1.165) is 50.5 Å². The van der Waals surface area contributed by atoms with Crippen LogP contribution in [-0.2, 0) is 6.42 Å². The number of unbranched alkanes of at least 4 members (excludes halogenated alkanes) is 3. The average Bonchev–Trinajstić information content (AvgIpc) is 2.65. The Labute approximate surface area is 152 Å². The van der Waals surface area contributed by atoms with Crippen molar-refractivity contribution in [3.05, 3.63) is 60.2 Å². The van der Waals surface area contributed by atoms with Crippen molar-refractivity contribution in [2.24, 2.45) is 0 Å². The highest BCUT2D eigenvalue weighted by molar-refractivity contribution is 5.48. The van der Waals surface area contributed by atoms with Gasteiger partial charge in [-0.1, -0.05) is 62.6 Å². The third kappa shape index (κ3) is 8.59. The van der Waals surface area contributed by atoms with Crippen LogP contribution in [0.3, 0.4) is 0 Å². The molecule has 0 atom stereocenters. The summed E-state index contributed by atoms with van der Waals surface area (Å²) in [5.74, 6) is 0.957. The van der Waals surface area contributed by atoms with E-state index in [4.69, 9.17) is 4.74 Å². The minimum atomic E-state index is 0.810. The van der Waals surface area contributed by atoms with Gasteiger partial charge in [-0.05, 0) is 37.1 Å². The van der Waals surface area contributed by atoms with Crippen LogP contribution in [-0.4, -0.2) is 26.2 Å². The minimum Gasteiger partial charge on any atom is -0.494 e. The van der Waals surface area contributed by atoms with Gasteiger partial charge in [0.05, 0.1) is 6.61 Å². The zero-order valence-electron chi connectivity index (χ0n) is 15.5. The van der Waals surface area contributed by atoms with Crippen molar-refractivity contribution in [1.82, 2.24) is 5.32 Å². The highest BCUT2D eigenvalue weighted by atomic mass is 16.5. The molecule has 2 N–H and O–H groups in total. The largest absolute Gasteiger partial charge is 0.494 e. The molecule has 0 radical (unpaired) electrons. The molecule has 0 saturated heterocycles. The molecule has 0 unspecified atom stereocenters. The second kappa shape index (κ2) is 12.4. The van der Waals surface area contributed by atoms with Crippen LogP contribution in [0, 0.1) is 0 Å². The molecule has 0 aliphatic carbocycles. The fourth-order valence-corrected chi connectivity index (χ4v) is 2.71. The Hall–Kier alpha value is -2.00. The summed E-state index contributed by atoms with van der Waals surface area (Å²) in [5.41, 5.74) is 2.50. The third-order valence-corrected chi connectivity index (χ3v) is 4.16. The molecule has 2 aromatic carbocycles. The van der Waals surface area contributed by atoms with E-state index in [1.54, 1.807) is 0 Å².